The van der Waals surface area contributed by atoms with Crippen LogP contribution in [0, 0.1) is 0 Å². The van der Waals surface area contributed by atoms with Crippen molar-refractivity contribution in [3.8, 4) is 0 Å². The molecule has 62 valence electrons. The molecule has 0 radical (unpaired) electrons. The molecule has 0 heterocycles. The molecule has 3 nitrogen and oxygen atoms in total. The van der Waals surface area contributed by atoms with Gasteiger partial charge in [0.15, 0.2) is 0 Å². The monoisotopic (exact) mass is 166 g/mol. The lowest BCUT2D eigenvalue weighted by Crippen LogP contribution is -2.12. The van der Waals surface area contributed by atoms with Crippen molar-refractivity contribution in [2.75, 3.05) is 0 Å². The molecule has 0 aromatic heterocycles. The van der Waals surface area contributed by atoms with Crippen molar-refractivity contribution in [1.82, 2.24) is 6.15 Å². The van der Waals surface area contributed by atoms with Gasteiger partial charge in [-0.1, -0.05) is 5.57 Å². The highest BCUT2D eigenvalue weighted by atomic mass is 35.5. The third kappa shape index (κ3) is 5.59. The van der Waals surface area contributed by atoms with Crippen LogP contribution in [-0.4, -0.2) is 5.91 Å². The Morgan fingerprint density at radius 2 is 1.50 bits per heavy atom. The summed E-state index contributed by atoms with van der Waals surface area (Å²) in [6.07, 6.45) is 0. The summed E-state index contributed by atoms with van der Waals surface area (Å²) in [5.74, 6) is -0.329. The fraction of sp³-hybridized carbons (Fsp3) is 0.500. The zero-order valence-electron chi connectivity index (χ0n) is 6.60. The average molecular weight is 167 g/mol. The average Bonchev–Trinajstić information content (AvgIpc) is 1.64. The van der Waals surface area contributed by atoms with Crippen molar-refractivity contribution < 1.29 is 4.79 Å². The van der Waals surface area contributed by atoms with E-state index in [9.17, 15) is 4.79 Å². The van der Waals surface area contributed by atoms with Gasteiger partial charge in [-0.2, -0.15) is 0 Å². The lowest BCUT2D eigenvalue weighted by molar-refractivity contribution is -0.114. The van der Waals surface area contributed by atoms with E-state index in [2.05, 4.69) is 0 Å². The number of rotatable bonds is 1. The van der Waals surface area contributed by atoms with Crippen LogP contribution in [-0.2, 0) is 4.79 Å². The van der Waals surface area contributed by atoms with Gasteiger partial charge >= 0.3 is 0 Å². The molecule has 0 aromatic carbocycles. The number of amides is 1. The first kappa shape index (κ1) is 16.2. The Morgan fingerprint density at radius 1 is 1.20 bits per heavy atom. The van der Waals surface area contributed by atoms with Crippen molar-refractivity contribution in [2.45, 2.75) is 20.8 Å². The molecule has 0 saturated heterocycles. The lowest BCUT2D eigenvalue weighted by Gasteiger charge is -1.93. The zero-order chi connectivity index (χ0) is 6.73. The van der Waals surface area contributed by atoms with Gasteiger partial charge in [-0.3, -0.25) is 4.79 Å². The molecule has 0 aromatic rings. The maximum atomic E-state index is 10.3. The third-order valence-electron chi connectivity index (χ3n) is 1.12. The van der Waals surface area contributed by atoms with E-state index >= 15 is 0 Å². The van der Waals surface area contributed by atoms with Gasteiger partial charge in [0, 0.05) is 5.57 Å². The van der Waals surface area contributed by atoms with E-state index in [0.717, 1.165) is 5.57 Å². The van der Waals surface area contributed by atoms with Crippen LogP contribution >= 0.6 is 12.4 Å². The summed E-state index contributed by atoms with van der Waals surface area (Å²) in [4.78, 5) is 10.3. The highest BCUT2D eigenvalue weighted by molar-refractivity contribution is 5.91. The summed E-state index contributed by atoms with van der Waals surface area (Å²) in [6, 6.07) is 0. The molecule has 0 bridgehead atoms. The van der Waals surface area contributed by atoms with Crippen LogP contribution in [0.4, 0.5) is 0 Å². The predicted molar refractivity (Wildman–Crippen MR) is 45.5 cm³/mol. The first-order valence-corrected chi connectivity index (χ1v) is 2.49. The third-order valence-corrected chi connectivity index (χ3v) is 1.12. The Bertz CT molecular complexity index is 139. The summed E-state index contributed by atoms with van der Waals surface area (Å²) in [7, 11) is 0. The second kappa shape index (κ2) is 6.58. The van der Waals surface area contributed by atoms with E-state index in [1.165, 1.54) is 0 Å². The van der Waals surface area contributed by atoms with Crippen LogP contribution in [0.3, 0.4) is 0 Å². The quantitative estimate of drug-likeness (QED) is 0.578. The van der Waals surface area contributed by atoms with Gasteiger partial charge < -0.3 is 11.9 Å². The Morgan fingerprint density at radius 3 is 1.50 bits per heavy atom. The number of carbonyl (C=O) groups excluding carboxylic acids is 1. The zero-order valence-corrected chi connectivity index (χ0v) is 7.42. The molecular weight excluding hydrogens is 152 g/mol. The van der Waals surface area contributed by atoms with E-state index in [0.29, 0.717) is 5.57 Å². The molecule has 10 heavy (non-hydrogen) atoms. The fourth-order valence-corrected chi connectivity index (χ4v) is 0.246. The van der Waals surface area contributed by atoms with E-state index in [-0.39, 0.29) is 24.5 Å². The van der Waals surface area contributed by atoms with Gasteiger partial charge in [0.25, 0.3) is 0 Å². The molecule has 0 spiro atoms. The Labute approximate surface area is 67.7 Å². The predicted octanol–water partition coefficient (Wildman–Crippen LogP) is 1.41. The summed E-state index contributed by atoms with van der Waals surface area (Å²) in [5, 5.41) is 0. The molecule has 0 rings (SSSR count). The number of primary amides is 1. The van der Waals surface area contributed by atoms with Crippen molar-refractivity contribution in [1.29, 1.82) is 0 Å². The van der Waals surface area contributed by atoms with E-state index in [1.807, 2.05) is 13.8 Å². The van der Waals surface area contributed by atoms with Crippen LogP contribution in [0.15, 0.2) is 11.1 Å². The van der Waals surface area contributed by atoms with Crippen molar-refractivity contribution in [2.24, 2.45) is 5.73 Å². The van der Waals surface area contributed by atoms with Crippen LogP contribution in [0.5, 0.6) is 0 Å². The minimum atomic E-state index is -0.329. The molecule has 0 unspecified atom stereocenters. The normalized spacial score (nSPS) is 6.70. The lowest BCUT2D eigenvalue weighted by atomic mass is 10.2. The van der Waals surface area contributed by atoms with E-state index in [4.69, 9.17) is 5.73 Å². The SMILES string of the molecule is CC(C)=C(C)C(N)=O.Cl.N. The number of nitrogens with two attached hydrogens (primary N) is 1. The van der Waals surface area contributed by atoms with Crippen LogP contribution in [0.2, 0.25) is 0 Å². The summed E-state index contributed by atoms with van der Waals surface area (Å²) < 4.78 is 0. The Balaban J connectivity index is -0.000000245. The second-order valence-electron chi connectivity index (χ2n) is 1.99. The largest absolute Gasteiger partial charge is 0.366 e. The summed E-state index contributed by atoms with van der Waals surface area (Å²) >= 11 is 0. The maximum absolute atomic E-state index is 10.3. The smallest absolute Gasteiger partial charge is 0.244 e. The summed E-state index contributed by atoms with van der Waals surface area (Å²) in [5.41, 5.74) is 6.58. The molecule has 5 N–H and O–H groups in total. The van der Waals surface area contributed by atoms with Crippen LogP contribution in [0.1, 0.15) is 20.8 Å². The number of hydrogen-bond donors (Lipinski definition) is 2. The van der Waals surface area contributed by atoms with Gasteiger partial charge in [-0.05, 0) is 20.8 Å². The minimum absolute atomic E-state index is 0. The van der Waals surface area contributed by atoms with Gasteiger partial charge in [0.2, 0.25) is 5.91 Å². The van der Waals surface area contributed by atoms with Crippen LogP contribution < -0.4 is 11.9 Å². The molecule has 0 aliphatic carbocycles. The van der Waals surface area contributed by atoms with Gasteiger partial charge in [-0.25, -0.2) is 0 Å². The molecule has 0 fully saturated rings. The molecule has 1 amide bonds. The Hall–Kier alpha value is -0.540. The van der Waals surface area contributed by atoms with Gasteiger partial charge in [0.1, 0.15) is 0 Å². The molecule has 0 atom stereocenters. The Kier molecular flexibility index (Phi) is 10.7. The summed E-state index contributed by atoms with van der Waals surface area (Å²) in [6.45, 7) is 5.44. The molecule has 4 heteroatoms. The minimum Gasteiger partial charge on any atom is -0.366 e. The highest BCUT2D eigenvalue weighted by Crippen LogP contribution is 1.98. The van der Waals surface area contributed by atoms with Gasteiger partial charge in [0.05, 0.1) is 0 Å². The van der Waals surface area contributed by atoms with Crippen molar-refractivity contribution >= 4 is 18.3 Å². The number of halogens is 1. The number of allylic oxidation sites excluding steroid dienone is 1. The van der Waals surface area contributed by atoms with E-state index in [1.54, 1.807) is 6.92 Å². The second-order valence-corrected chi connectivity index (χ2v) is 1.99. The highest BCUT2D eigenvalue weighted by Gasteiger charge is 1.96. The number of carbonyl (C=O) groups is 1. The molecule has 0 saturated carbocycles. The van der Waals surface area contributed by atoms with Crippen molar-refractivity contribution in [3.05, 3.63) is 11.1 Å². The van der Waals surface area contributed by atoms with Crippen molar-refractivity contribution in [3.63, 3.8) is 0 Å². The fourth-order valence-electron chi connectivity index (χ4n) is 0.246. The molecule has 0 aliphatic rings. The first-order valence-electron chi connectivity index (χ1n) is 2.49. The molecule has 0 aliphatic heterocycles. The standard InChI is InChI=1S/C6H11NO.ClH.H3N/c1-4(2)5(3)6(7)8;;/h1-3H3,(H2,7,8);1H;1H3. The van der Waals surface area contributed by atoms with E-state index < -0.39 is 0 Å². The maximum Gasteiger partial charge on any atom is 0.244 e. The topological polar surface area (TPSA) is 78.1 Å². The number of hydrogen-bond acceptors (Lipinski definition) is 2. The first-order chi connectivity index (χ1) is 3.55. The van der Waals surface area contributed by atoms with Gasteiger partial charge in [-0.15, -0.1) is 12.4 Å². The van der Waals surface area contributed by atoms with Crippen LogP contribution in [0.25, 0.3) is 0 Å². The molecular formula is C6H15ClN2O.